The molecule has 0 unspecified atom stereocenters. The third-order valence-electron chi connectivity index (χ3n) is 2.70. The number of alkyl halides is 1. The minimum atomic E-state index is -0.258. The Labute approximate surface area is 111 Å². The van der Waals surface area contributed by atoms with Crippen LogP contribution in [0.25, 0.3) is 0 Å². The molecular formula is C14H14ClFN2. The molecule has 2 nitrogen and oxygen atoms in total. The average Bonchev–Trinajstić information content (AvgIpc) is 2.39. The van der Waals surface area contributed by atoms with Gasteiger partial charge in [0.2, 0.25) is 0 Å². The van der Waals surface area contributed by atoms with Crippen LogP contribution in [0.15, 0.2) is 42.6 Å². The van der Waals surface area contributed by atoms with Gasteiger partial charge in [-0.3, -0.25) is 4.98 Å². The van der Waals surface area contributed by atoms with Gasteiger partial charge < -0.3 is 4.90 Å². The van der Waals surface area contributed by atoms with Crippen molar-refractivity contribution in [2.45, 2.75) is 12.4 Å². The maximum Gasteiger partial charge on any atom is 0.146 e. The molecular weight excluding hydrogens is 251 g/mol. The summed E-state index contributed by atoms with van der Waals surface area (Å²) in [6.07, 6.45) is 1.73. The summed E-state index contributed by atoms with van der Waals surface area (Å²) in [7, 11) is 1.84. The number of benzene rings is 1. The van der Waals surface area contributed by atoms with Gasteiger partial charge in [-0.25, -0.2) is 4.39 Å². The second kappa shape index (κ2) is 5.83. The summed E-state index contributed by atoms with van der Waals surface area (Å²) in [5.41, 5.74) is 2.24. The number of halogens is 2. The van der Waals surface area contributed by atoms with Crippen molar-refractivity contribution in [1.82, 2.24) is 4.98 Å². The smallest absolute Gasteiger partial charge is 0.146 e. The summed E-state index contributed by atoms with van der Waals surface area (Å²) in [5.74, 6) is 0.0628. The SMILES string of the molecule is CN(Cc1ccccn1)c1ccc(CCl)cc1F. The number of rotatable bonds is 4. The molecule has 1 aromatic heterocycles. The van der Waals surface area contributed by atoms with Crippen molar-refractivity contribution < 1.29 is 4.39 Å². The Morgan fingerprint density at radius 3 is 2.72 bits per heavy atom. The Balaban J connectivity index is 2.16. The molecule has 0 fully saturated rings. The molecule has 0 bridgehead atoms. The van der Waals surface area contributed by atoms with Crippen LogP contribution in [0.5, 0.6) is 0 Å². The molecule has 0 atom stereocenters. The van der Waals surface area contributed by atoms with Crippen LogP contribution < -0.4 is 4.90 Å². The molecule has 1 heterocycles. The van der Waals surface area contributed by atoms with Crippen molar-refractivity contribution in [2.75, 3.05) is 11.9 Å². The molecule has 0 aliphatic rings. The first-order valence-corrected chi connectivity index (χ1v) is 6.19. The monoisotopic (exact) mass is 264 g/mol. The molecule has 0 N–H and O–H groups in total. The standard InChI is InChI=1S/C14H14ClFN2/c1-18(10-12-4-2-3-7-17-12)14-6-5-11(9-15)8-13(14)16/h2-8H,9-10H2,1H3. The third kappa shape index (κ3) is 2.99. The second-order valence-electron chi connectivity index (χ2n) is 4.10. The Morgan fingerprint density at radius 1 is 1.28 bits per heavy atom. The largest absolute Gasteiger partial charge is 0.366 e. The summed E-state index contributed by atoms with van der Waals surface area (Å²) in [6, 6.07) is 10.7. The number of hydrogen-bond donors (Lipinski definition) is 0. The van der Waals surface area contributed by atoms with E-state index in [1.807, 2.05) is 36.2 Å². The highest BCUT2D eigenvalue weighted by atomic mass is 35.5. The van der Waals surface area contributed by atoms with E-state index < -0.39 is 0 Å². The van der Waals surface area contributed by atoms with Crippen LogP contribution >= 0.6 is 11.6 Å². The first-order valence-electron chi connectivity index (χ1n) is 5.66. The van der Waals surface area contributed by atoms with Crippen LogP contribution in [0.2, 0.25) is 0 Å². The normalized spacial score (nSPS) is 10.4. The van der Waals surface area contributed by atoms with Crippen LogP contribution in [0.3, 0.4) is 0 Å². The van der Waals surface area contributed by atoms with E-state index in [9.17, 15) is 4.39 Å². The number of nitrogens with zero attached hydrogens (tertiary/aromatic N) is 2. The minimum absolute atomic E-state index is 0.258. The Bertz CT molecular complexity index is 516. The van der Waals surface area contributed by atoms with Crippen molar-refractivity contribution in [1.29, 1.82) is 0 Å². The molecule has 0 saturated carbocycles. The first kappa shape index (κ1) is 12.8. The molecule has 18 heavy (non-hydrogen) atoms. The molecule has 4 heteroatoms. The molecule has 0 amide bonds. The van der Waals surface area contributed by atoms with Crippen LogP contribution in [-0.4, -0.2) is 12.0 Å². The van der Waals surface area contributed by atoms with Crippen LogP contribution in [0.1, 0.15) is 11.3 Å². The lowest BCUT2D eigenvalue weighted by atomic mass is 10.2. The van der Waals surface area contributed by atoms with Crippen molar-refractivity contribution >= 4 is 17.3 Å². The van der Waals surface area contributed by atoms with Crippen molar-refractivity contribution in [3.8, 4) is 0 Å². The molecule has 0 aliphatic carbocycles. The van der Waals surface area contributed by atoms with E-state index in [1.54, 1.807) is 12.3 Å². The maximum atomic E-state index is 13.9. The zero-order valence-electron chi connectivity index (χ0n) is 10.1. The lowest BCUT2D eigenvalue weighted by molar-refractivity contribution is 0.620. The van der Waals surface area contributed by atoms with Gasteiger partial charge in [0.15, 0.2) is 0 Å². The maximum absolute atomic E-state index is 13.9. The van der Waals surface area contributed by atoms with Gasteiger partial charge in [0.1, 0.15) is 5.82 Å². The number of anilines is 1. The van der Waals surface area contributed by atoms with Crippen LogP contribution in [0, 0.1) is 5.82 Å². The minimum Gasteiger partial charge on any atom is -0.366 e. The highest BCUT2D eigenvalue weighted by Gasteiger charge is 2.09. The number of hydrogen-bond acceptors (Lipinski definition) is 2. The molecule has 2 rings (SSSR count). The number of aromatic nitrogens is 1. The molecule has 0 spiro atoms. The van der Waals surface area contributed by atoms with E-state index in [0.717, 1.165) is 11.3 Å². The highest BCUT2D eigenvalue weighted by Crippen LogP contribution is 2.21. The summed E-state index contributed by atoms with van der Waals surface area (Å²) in [6.45, 7) is 0.567. The van der Waals surface area contributed by atoms with E-state index in [0.29, 0.717) is 18.1 Å². The zero-order chi connectivity index (χ0) is 13.0. The quantitative estimate of drug-likeness (QED) is 0.785. The van der Waals surface area contributed by atoms with E-state index in [2.05, 4.69) is 4.98 Å². The van der Waals surface area contributed by atoms with Crippen molar-refractivity contribution in [3.63, 3.8) is 0 Å². The predicted octanol–water partition coefficient (Wildman–Crippen LogP) is 3.60. The van der Waals surface area contributed by atoms with E-state index in [1.165, 1.54) is 6.07 Å². The average molecular weight is 265 g/mol. The van der Waals surface area contributed by atoms with Gasteiger partial charge >= 0.3 is 0 Å². The fourth-order valence-corrected chi connectivity index (χ4v) is 1.93. The first-order chi connectivity index (χ1) is 8.70. The van der Waals surface area contributed by atoms with Gasteiger partial charge in [-0.15, -0.1) is 11.6 Å². The van der Waals surface area contributed by atoms with Gasteiger partial charge in [0.25, 0.3) is 0 Å². The molecule has 0 aliphatic heterocycles. The van der Waals surface area contributed by atoms with E-state index in [-0.39, 0.29) is 5.82 Å². The van der Waals surface area contributed by atoms with Gasteiger partial charge in [-0.1, -0.05) is 12.1 Å². The van der Waals surface area contributed by atoms with Gasteiger partial charge in [-0.2, -0.15) is 0 Å². The molecule has 0 saturated heterocycles. The van der Waals surface area contributed by atoms with Crippen LogP contribution in [0.4, 0.5) is 10.1 Å². The zero-order valence-corrected chi connectivity index (χ0v) is 10.9. The molecule has 0 radical (unpaired) electrons. The Kier molecular flexibility index (Phi) is 4.15. The fraction of sp³-hybridized carbons (Fsp3) is 0.214. The highest BCUT2D eigenvalue weighted by molar-refractivity contribution is 6.17. The Hall–Kier alpha value is -1.61. The lowest BCUT2D eigenvalue weighted by Gasteiger charge is -2.19. The summed E-state index contributed by atoms with van der Waals surface area (Å²) < 4.78 is 13.9. The van der Waals surface area contributed by atoms with Gasteiger partial charge in [-0.05, 0) is 29.8 Å². The second-order valence-corrected chi connectivity index (χ2v) is 4.36. The fourth-order valence-electron chi connectivity index (χ4n) is 1.76. The molecule has 94 valence electrons. The van der Waals surface area contributed by atoms with Crippen molar-refractivity contribution in [2.24, 2.45) is 0 Å². The Morgan fingerprint density at radius 2 is 2.11 bits per heavy atom. The van der Waals surface area contributed by atoms with E-state index in [4.69, 9.17) is 11.6 Å². The summed E-state index contributed by atoms with van der Waals surface area (Å²) in [5, 5.41) is 0. The van der Waals surface area contributed by atoms with E-state index >= 15 is 0 Å². The predicted molar refractivity (Wildman–Crippen MR) is 72.3 cm³/mol. The molecule has 1 aromatic carbocycles. The number of pyridine rings is 1. The van der Waals surface area contributed by atoms with Crippen molar-refractivity contribution in [3.05, 3.63) is 59.7 Å². The molecule has 2 aromatic rings. The summed E-state index contributed by atoms with van der Waals surface area (Å²) in [4.78, 5) is 6.05. The summed E-state index contributed by atoms with van der Waals surface area (Å²) >= 11 is 5.67. The topological polar surface area (TPSA) is 16.1 Å². The van der Waals surface area contributed by atoms with Gasteiger partial charge in [0.05, 0.1) is 17.9 Å². The van der Waals surface area contributed by atoms with Gasteiger partial charge in [0, 0.05) is 19.1 Å². The third-order valence-corrected chi connectivity index (χ3v) is 3.01. The van der Waals surface area contributed by atoms with Crippen LogP contribution in [-0.2, 0) is 12.4 Å². The lowest BCUT2D eigenvalue weighted by Crippen LogP contribution is -2.18.